The molecule has 0 radical (unpaired) electrons. The van der Waals surface area contributed by atoms with Crippen LogP contribution in [-0.4, -0.2) is 51.4 Å². The third kappa shape index (κ3) is 6.85. The molecule has 202 valence electrons. The van der Waals surface area contributed by atoms with Crippen molar-refractivity contribution in [3.05, 3.63) is 88.9 Å². The molecule has 0 aliphatic rings. The molecule has 2 amide bonds. The number of carbonyl (C=O) groups excluding carboxylic acids is 2. The highest BCUT2D eigenvalue weighted by Gasteiger charge is 2.33. The summed E-state index contributed by atoms with van der Waals surface area (Å²) in [5, 5.41) is 3.27. The molecule has 0 saturated heterocycles. The van der Waals surface area contributed by atoms with E-state index >= 15 is 0 Å². The highest BCUT2D eigenvalue weighted by molar-refractivity contribution is 7.92. The standard InChI is InChI=1S/C28H32ClN3O5S/c1-5-30-28(34)21(3)31(18-22-12-14-23(29)15-13-22)27(33)19-32(25-8-6-7-9-26(25)37-4)38(35,36)24-16-10-20(2)11-17-24/h6-17,21H,5,18-19H2,1-4H3,(H,30,34). The van der Waals surface area contributed by atoms with Crippen molar-refractivity contribution in [1.29, 1.82) is 0 Å². The smallest absolute Gasteiger partial charge is 0.264 e. The summed E-state index contributed by atoms with van der Waals surface area (Å²) < 4.78 is 34.2. The molecule has 0 spiro atoms. The molecule has 38 heavy (non-hydrogen) atoms. The van der Waals surface area contributed by atoms with Crippen LogP contribution in [0.3, 0.4) is 0 Å². The molecule has 0 saturated carbocycles. The SMILES string of the molecule is CCNC(=O)C(C)N(Cc1ccc(Cl)cc1)C(=O)CN(c1ccccc1OC)S(=O)(=O)c1ccc(C)cc1. The van der Waals surface area contributed by atoms with Gasteiger partial charge in [-0.1, -0.05) is 53.6 Å². The van der Waals surface area contributed by atoms with Crippen molar-refractivity contribution in [2.24, 2.45) is 0 Å². The first-order valence-electron chi connectivity index (χ1n) is 12.1. The number of likely N-dealkylation sites (N-methyl/N-ethyl adjacent to an activating group) is 1. The Hall–Kier alpha value is -3.56. The largest absolute Gasteiger partial charge is 0.495 e. The summed E-state index contributed by atoms with van der Waals surface area (Å²) in [5.41, 5.74) is 1.85. The summed E-state index contributed by atoms with van der Waals surface area (Å²) in [4.78, 5) is 28.0. The van der Waals surface area contributed by atoms with Crippen molar-refractivity contribution >= 4 is 39.1 Å². The number of carbonyl (C=O) groups is 2. The van der Waals surface area contributed by atoms with Crippen molar-refractivity contribution in [3.8, 4) is 5.75 Å². The van der Waals surface area contributed by atoms with E-state index < -0.39 is 28.5 Å². The van der Waals surface area contributed by atoms with Gasteiger partial charge >= 0.3 is 0 Å². The lowest BCUT2D eigenvalue weighted by molar-refractivity contribution is -0.139. The van der Waals surface area contributed by atoms with Crippen LogP contribution < -0.4 is 14.4 Å². The summed E-state index contributed by atoms with van der Waals surface area (Å²) in [6, 6.07) is 19.0. The first-order valence-corrected chi connectivity index (χ1v) is 13.9. The number of nitrogens with zero attached hydrogens (tertiary/aromatic N) is 2. The van der Waals surface area contributed by atoms with Gasteiger partial charge in [-0.2, -0.15) is 0 Å². The van der Waals surface area contributed by atoms with Crippen LogP contribution in [0.4, 0.5) is 5.69 Å². The topological polar surface area (TPSA) is 96.0 Å². The van der Waals surface area contributed by atoms with Gasteiger partial charge in [-0.3, -0.25) is 13.9 Å². The second-order valence-electron chi connectivity index (χ2n) is 8.72. The van der Waals surface area contributed by atoms with E-state index in [1.54, 1.807) is 74.5 Å². The number of benzene rings is 3. The van der Waals surface area contributed by atoms with Crippen LogP contribution in [0.25, 0.3) is 0 Å². The molecule has 0 fully saturated rings. The van der Waals surface area contributed by atoms with Gasteiger partial charge in [0.1, 0.15) is 18.3 Å². The number of para-hydroxylation sites is 2. The van der Waals surface area contributed by atoms with Gasteiger partial charge in [0.25, 0.3) is 10.0 Å². The Bertz CT molecular complexity index is 1360. The van der Waals surface area contributed by atoms with Crippen molar-refractivity contribution in [2.75, 3.05) is 24.5 Å². The number of hydrogen-bond donors (Lipinski definition) is 1. The van der Waals surface area contributed by atoms with Crippen LogP contribution in [0.15, 0.2) is 77.7 Å². The number of rotatable bonds is 11. The average molecular weight is 558 g/mol. The normalized spacial score (nSPS) is 11.9. The first-order chi connectivity index (χ1) is 18.1. The summed E-state index contributed by atoms with van der Waals surface area (Å²) in [7, 11) is -2.75. The Morgan fingerprint density at radius 2 is 1.63 bits per heavy atom. The minimum atomic E-state index is -4.18. The first kappa shape index (κ1) is 29.0. The monoisotopic (exact) mass is 557 g/mol. The lowest BCUT2D eigenvalue weighted by Crippen LogP contribution is -2.51. The van der Waals surface area contributed by atoms with Gasteiger partial charge in [-0.15, -0.1) is 0 Å². The zero-order chi connectivity index (χ0) is 27.9. The van der Waals surface area contributed by atoms with Crippen LogP contribution in [-0.2, 0) is 26.2 Å². The van der Waals surface area contributed by atoms with E-state index in [4.69, 9.17) is 16.3 Å². The molecule has 3 aromatic carbocycles. The molecular formula is C28H32ClN3O5S. The maximum atomic E-state index is 13.9. The maximum absolute atomic E-state index is 13.9. The van der Waals surface area contributed by atoms with Gasteiger partial charge in [0, 0.05) is 18.1 Å². The molecule has 1 atom stereocenters. The molecule has 0 aliphatic heterocycles. The van der Waals surface area contributed by atoms with Crippen LogP contribution in [0.5, 0.6) is 5.75 Å². The summed E-state index contributed by atoms with van der Waals surface area (Å²) >= 11 is 6.02. The molecule has 0 bridgehead atoms. The summed E-state index contributed by atoms with van der Waals surface area (Å²) in [6.45, 7) is 5.18. The number of sulfonamides is 1. The predicted molar refractivity (Wildman–Crippen MR) is 149 cm³/mol. The minimum Gasteiger partial charge on any atom is -0.495 e. The number of nitrogens with one attached hydrogen (secondary N) is 1. The molecule has 10 heteroatoms. The average Bonchev–Trinajstić information content (AvgIpc) is 2.91. The fourth-order valence-electron chi connectivity index (χ4n) is 3.88. The maximum Gasteiger partial charge on any atom is 0.264 e. The Morgan fingerprint density at radius 3 is 2.24 bits per heavy atom. The van der Waals surface area contributed by atoms with E-state index in [2.05, 4.69) is 5.32 Å². The van der Waals surface area contributed by atoms with Crippen molar-refractivity contribution < 1.29 is 22.7 Å². The second kappa shape index (κ2) is 12.8. The highest BCUT2D eigenvalue weighted by atomic mass is 35.5. The number of ether oxygens (including phenoxy) is 1. The zero-order valence-corrected chi connectivity index (χ0v) is 23.4. The molecule has 1 N–H and O–H groups in total. The fraction of sp³-hybridized carbons (Fsp3) is 0.286. The molecule has 8 nitrogen and oxygen atoms in total. The summed E-state index contributed by atoms with van der Waals surface area (Å²) in [5.74, 6) is -0.614. The van der Waals surface area contributed by atoms with E-state index in [-0.39, 0.29) is 28.8 Å². The van der Waals surface area contributed by atoms with Gasteiger partial charge in [-0.05, 0) is 62.7 Å². The lowest BCUT2D eigenvalue weighted by Gasteiger charge is -2.32. The molecule has 3 rings (SSSR count). The second-order valence-corrected chi connectivity index (χ2v) is 11.0. The van der Waals surface area contributed by atoms with Gasteiger partial charge in [-0.25, -0.2) is 8.42 Å². The predicted octanol–water partition coefficient (Wildman–Crippen LogP) is 4.41. The number of methoxy groups -OCH3 is 1. The number of halogens is 1. The van der Waals surface area contributed by atoms with E-state index in [0.29, 0.717) is 11.6 Å². The Balaban J connectivity index is 2.06. The van der Waals surface area contributed by atoms with Crippen LogP contribution >= 0.6 is 11.6 Å². The number of amides is 2. The van der Waals surface area contributed by atoms with E-state index in [9.17, 15) is 18.0 Å². The van der Waals surface area contributed by atoms with Gasteiger partial charge in [0.15, 0.2) is 0 Å². The zero-order valence-electron chi connectivity index (χ0n) is 21.8. The van der Waals surface area contributed by atoms with Crippen LogP contribution in [0.2, 0.25) is 5.02 Å². The quantitative estimate of drug-likeness (QED) is 0.377. The van der Waals surface area contributed by atoms with Gasteiger partial charge in [0.05, 0.1) is 17.7 Å². The molecule has 0 aliphatic carbocycles. The molecule has 0 heterocycles. The van der Waals surface area contributed by atoms with Crippen molar-refractivity contribution in [2.45, 2.75) is 38.3 Å². The summed E-state index contributed by atoms with van der Waals surface area (Å²) in [6.07, 6.45) is 0. The van der Waals surface area contributed by atoms with E-state index in [0.717, 1.165) is 15.4 Å². The number of hydrogen-bond acceptors (Lipinski definition) is 5. The Labute approximate surface area is 229 Å². The molecular weight excluding hydrogens is 526 g/mol. The molecule has 1 unspecified atom stereocenters. The Kier molecular flexibility index (Phi) is 9.77. The number of anilines is 1. The molecule has 3 aromatic rings. The third-order valence-corrected chi connectivity index (χ3v) is 8.05. The lowest BCUT2D eigenvalue weighted by atomic mass is 10.1. The van der Waals surface area contributed by atoms with Crippen LogP contribution in [0.1, 0.15) is 25.0 Å². The van der Waals surface area contributed by atoms with Gasteiger partial charge in [0.2, 0.25) is 11.8 Å². The fourth-order valence-corrected chi connectivity index (χ4v) is 5.43. The molecule has 0 aromatic heterocycles. The van der Waals surface area contributed by atoms with E-state index in [1.165, 1.54) is 24.1 Å². The van der Waals surface area contributed by atoms with Crippen molar-refractivity contribution in [1.82, 2.24) is 10.2 Å². The number of aryl methyl sites for hydroxylation is 1. The van der Waals surface area contributed by atoms with Gasteiger partial charge < -0.3 is 15.0 Å². The van der Waals surface area contributed by atoms with Crippen LogP contribution in [0, 0.1) is 6.92 Å². The third-order valence-electron chi connectivity index (χ3n) is 6.03. The minimum absolute atomic E-state index is 0.0304. The van der Waals surface area contributed by atoms with Crippen molar-refractivity contribution in [3.63, 3.8) is 0 Å². The Morgan fingerprint density at radius 1 is 1.00 bits per heavy atom. The van der Waals surface area contributed by atoms with E-state index in [1.807, 2.05) is 6.92 Å². The highest BCUT2D eigenvalue weighted by Crippen LogP contribution is 2.32.